The van der Waals surface area contributed by atoms with E-state index >= 15 is 0 Å². The van der Waals surface area contributed by atoms with E-state index in [4.69, 9.17) is 4.74 Å². The highest BCUT2D eigenvalue weighted by molar-refractivity contribution is 5.34. The SMILES string of the molecule is CCC(CNC)CNCCc1cc(F)ccc1OC. The van der Waals surface area contributed by atoms with Crippen molar-refractivity contribution < 1.29 is 9.13 Å². The Bertz CT molecular complexity index is 371. The van der Waals surface area contributed by atoms with Crippen LogP contribution >= 0.6 is 0 Å². The van der Waals surface area contributed by atoms with Gasteiger partial charge in [-0.05, 0) is 62.8 Å². The van der Waals surface area contributed by atoms with Crippen molar-refractivity contribution in [2.45, 2.75) is 19.8 Å². The van der Waals surface area contributed by atoms with E-state index in [1.807, 2.05) is 7.05 Å². The van der Waals surface area contributed by atoms with Gasteiger partial charge in [0, 0.05) is 0 Å². The van der Waals surface area contributed by atoms with Gasteiger partial charge in [0.2, 0.25) is 0 Å². The highest BCUT2D eigenvalue weighted by atomic mass is 19.1. The average Bonchev–Trinajstić information content (AvgIpc) is 2.42. The monoisotopic (exact) mass is 268 g/mol. The quantitative estimate of drug-likeness (QED) is 0.674. The summed E-state index contributed by atoms with van der Waals surface area (Å²) in [5, 5.41) is 6.62. The molecule has 1 atom stereocenters. The normalized spacial score (nSPS) is 12.4. The summed E-state index contributed by atoms with van der Waals surface area (Å²) in [6, 6.07) is 4.65. The minimum absolute atomic E-state index is 0.211. The second-order valence-corrected chi connectivity index (χ2v) is 4.74. The van der Waals surface area contributed by atoms with E-state index in [0.29, 0.717) is 5.92 Å². The van der Waals surface area contributed by atoms with E-state index in [0.717, 1.165) is 43.8 Å². The molecule has 0 radical (unpaired) electrons. The first kappa shape index (κ1) is 15.9. The summed E-state index contributed by atoms with van der Waals surface area (Å²) >= 11 is 0. The van der Waals surface area contributed by atoms with Gasteiger partial charge in [0.25, 0.3) is 0 Å². The van der Waals surface area contributed by atoms with Crippen LogP contribution in [0.15, 0.2) is 18.2 Å². The van der Waals surface area contributed by atoms with Crippen LogP contribution in [0.3, 0.4) is 0 Å². The predicted octanol–water partition coefficient (Wildman–Crippen LogP) is 2.21. The largest absolute Gasteiger partial charge is 0.496 e. The molecule has 0 saturated carbocycles. The molecule has 0 aliphatic rings. The molecule has 0 fully saturated rings. The number of nitrogens with one attached hydrogen (secondary N) is 2. The fourth-order valence-electron chi connectivity index (χ4n) is 2.12. The molecule has 0 bridgehead atoms. The van der Waals surface area contributed by atoms with Gasteiger partial charge in [-0.15, -0.1) is 0 Å². The summed E-state index contributed by atoms with van der Waals surface area (Å²) in [6.07, 6.45) is 1.92. The van der Waals surface area contributed by atoms with Crippen LogP contribution in [0.5, 0.6) is 5.75 Å². The summed E-state index contributed by atoms with van der Waals surface area (Å²) in [4.78, 5) is 0. The predicted molar refractivity (Wildman–Crippen MR) is 77.2 cm³/mol. The lowest BCUT2D eigenvalue weighted by Crippen LogP contribution is -2.30. The fourth-order valence-corrected chi connectivity index (χ4v) is 2.12. The third-order valence-electron chi connectivity index (χ3n) is 3.32. The van der Waals surface area contributed by atoms with Crippen molar-refractivity contribution in [2.75, 3.05) is 33.8 Å². The van der Waals surface area contributed by atoms with Crippen molar-refractivity contribution in [2.24, 2.45) is 5.92 Å². The van der Waals surface area contributed by atoms with Crippen molar-refractivity contribution in [3.05, 3.63) is 29.6 Å². The lowest BCUT2D eigenvalue weighted by atomic mass is 10.1. The zero-order valence-corrected chi connectivity index (χ0v) is 12.1. The molecule has 0 aromatic heterocycles. The second kappa shape index (κ2) is 8.88. The Labute approximate surface area is 115 Å². The third-order valence-corrected chi connectivity index (χ3v) is 3.32. The molecule has 4 heteroatoms. The maximum atomic E-state index is 13.2. The van der Waals surface area contributed by atoms with Gasteiger partial charge in [-0.25, -0.2) is 4.39 Å². The van der Waals surface area contributed by atoms with Crippen molar-refractivity contribution >= 4 is 0 Å². The van der Waals surface area contributed by atoms with Crippen molar-refractivity contribution in [1.82, 2.24) is 10.6 Å². The Morgan fingerprint density at radius 1 is 1.32 bits per heavy atom. The molecule has 3 nitrogen and oxygen atoms in total. The van der Waals surface area contributed by atoms with Crippen LogP contribution in [-0.4, -0.2) is 33.8 Å². The highest BCUT2D eigenvalue weighted by Crippen LogP contribution is 2.19. The Hall–Kier alpha value is -1.13. The Morgan fingerprint density at radius 2 is 2.11 bits per heavy atom. The number of hydrogen-bond acceptors (Lipinski definition) is 3. The number of halogens is 1. The van der Waals surface area contributed by atoms with E-state index in [9.17, 15) is 4.39 Å². The molecule has 0 spiro atoms. The van der Waals surface area contributed by atoms with Crippen LogP contribution in [0.25, 0.3) is 0 Å². The van der Waals surface area contributed by atoms with Crippen LogP contribution in [0.1, 0.15) is 18.9 Å². The van der Waals surface area contributed by atoms with Gasteiger partial charge in [0.05, 0.1) is 7.11 Å². The first-order valence-corrected chi connectivity index (χ1v) is 6.89. The molecule has 0 aliphatic carbocycles. The van der Waals surface area contributed by atoms with Gasteiger partial charge < -0.3 is 15.4 Å². The zero-order valence-electron chi connectivity index (χ0n) is 12.1. The van der Waals surface area contributed by atoms with Crippen LogP contribution in [-0.2, 0) is 6.42 Å². The lowest BCUT2D eigenvalue weighted by Gasteiger charge is -2.15. The molecule has 19 heavy (non-hydrogen) atoms. The van der Waals surface area contributed by atoms with Crippen molar-refractivity contribution in [1.29, 1.82) is 0 Å². The molecule has 108 valence electrons. The average molecular weight is 268 g/mol. The topological polar surface area (TPSA) is 33.3 Å². The van der Waals surface area contributed by atoms with E-state index in [1.54, 1.807) is 19.2 Å². The lowest BCUT2D eigenvalue weighted by molar-refractivity contribution is 0.406. The van der Waals surface area contributed by atoms with Crippen LogP contribution in [0.4, 0.5) is 4.39 Å². The molecule has 0 aliphatic heterocycles. The first-order valence-electron chi connectivity index (χ1n) is 6.89. The van der Waals surface area contributed by atoms with Crippen LogP contribution in [0.2, 0.25) is 0 Å². The summed E-state index contributed by atoms with van der Waals surface area (Å²) in [5.74, 6) is 1.18. The van der Waals surface area contributed by atoms with E-state index in [2.05, 4.69) is 17.6 Å². The summed E-state index contributed by atoms with van der Waals surface area (Å²) in [7, 11) is 3.59. The van der Waals surface area contributed by atoms with E-state index in [-0.39, 0.29) is 5.82 Å². The maximum absolute atomic E-state index is 13.2. The number of rotatable bonds is 9. The molecule has 2 N–H and O–H groups in total. The smallest absolute Gasteiger partial charge is 0.123 e. The molecular formula is C15H25FN2O. The molecule has 0 saturated heterocycles. The van der Waals surface area contributed by atoms with Crippen LogP contribution < -0.4 is 15.4 Å². The molecule has 1 aromatic carbocycles. The number of hydrogen-bond donors (Lipinski definition) is 2. The molecule has 0 heterocycles. The molecule has 0 amide bonds. The van der Waals surface area contributed by atoms with Gasteiger partial charge in [-0.1, -0.05) is 13.3 Å². The van der Waals surface area contributed by atoms with Gasteiger partial charge in [0.1, 0.15) is 11.6 Å². The molecule has 1 aromatic rings. The Balaban J connectivity index is 2.38. The van der Waals surface area contributed by atoms with Crippen molar-refractivity contribution in [3.8, 4) is 5.75 Å². The number of methoxy groups -OCH3 is 1. The molecule has 1 unspecified atom stereocenters. The highest BCUT2D eigenvalue weighted by Gasteiger charge is 2.06. The van der Waals surface area contributed by atoms with Crippen molar-refractivity contribution in [3.63, 3.8) is 0 Å². The molecule has 1 rings (SSSR count). The zero-order chi connectivity index (χ0) is 14.1. The van der Waals surface area contributed by atoms with Gasteiger partial charge in [-0.2, -0.15) is 0 Å². The minimum atomic E-state index is -0.211. The van der Waals surface area contributed by atoms with Gasteiger partial charge in [-0.3, -0.25) is 0 Å². The van der Waals surface area contributed by atoms with Gasteiger partial charge in [0.15, 0.2) is 0 Å². The molecular weight excluding hydrogens is 243 g/mol. The Morgan fingerprint density at radius 3 is 2.74 bits per heavy atom. The van der Waals surface area contributed by atoms with Gasteiger partial charge >= 0.3 is 0 Å². The standard InChI is InChI=1S/C15H25FN2O/c1-4-12(10-17-2)11-18-8-7-13-9-14(16)5-6-15(13)19-3/h5-6,9,12,17-18H,4,7-8,10-11H2,1-3H3. The summed E-state index contributed by atoms with van der Waals surface area (Å²) < 4.78 is 18.4. The third kappa shape index (κ3) is 5.57. The number of ether oxygens (including phenoxy) is 1. The van der Waals surface area contributed by atoms with E-state index < -0.39 is 0 Å². The number of benzene rings is 1. The fraction of sp³-hybridized carbons (Fsp3) is 0.600. The minimum Gasteiger partial charge on any atom is -0.496 e. The van der Waals surface area contributed by atoms with E-state index in [1.165, 1.54) is 6.07 Å². The Kier molecular flexibility index (Phi) is 7.45. The summed E-state index contributed by atoms with van der Waals surface area (Å²) in [6.45, 7) is 5.03. The van der Waals surface area contributed by atoms with Crippen LogP contribution in [0, 0.1) is 11.7 Å². The maximum Gasteiger partial charge on any atom is 0.123 e. The first-order chi connectivity index (χ1) is 9.21. The summed E-state index contributed by atoms with van der Waals surface area (Å²) in [5.41, 5.74) is 0.914. The second-order valence-electron chi connectivity index (χ2n) is 4.74.